The third-order valence-corrected chi connectivity index (χ3v) is 7.94. The molecule has 0 spiro atoms. The Labute approximate surface area is 243 Å². The average Bonchev–Trinajstić information content (AvgIpc) is 2.97. The molecule has 0 unspecified atom stereocenters. The van der Waals surface area contributed by atoms with Crippen molar-refractivity contribution in [3.63, 3.8) is 0 Å². The van der Waals surface area contributed by atoms with Crippen LogP contribution < -0.4 is 19.1 Å². The van der Waals surface area contributed by atoms with Crippen molar-refractivity contribution in [3.8, 4) is 11.5 Å². The Bertz CT molecular complexity index is 1400. The van der Waals surface area contributed by atoms with Crippen molar-refractivity contribution in [3.05, 3.63) is 90.0 Å². The minimum absolute atomic E-state index is 0.0711. The largest absolute Gasteiger partial charge is 0.497 e. The zero-order chi connectivity index (χ0) is 30.0. The zero-order valence-corrected chi connectivity index (χ0v) is 25.1. The topological polar surface area (TPSA) is 105 Å². The van der Waals surface area contributed by atoms with Crippen LogP contribution in [0.3, 0.4) is 0 Å². The van der Waals surface area contributed by atoms with E-state index in [0.29, 0.717) is 23.6 Å². The molecule has 2 amide bonds. The van der Waals surface area contributed by atoms with Crippen molar-refractivity contribution >= 4 is 27.5 Å². The van der Waals surface area contributed by atoms with Gasteiger partial charge in [-0.1, -0.05) is 49.4 Å². The summed E-state index contributed by atoms with van der Waals surface area (Å²) in [4.78, 5) is 29.3. The highest BCUT2D eigenvalue weighted by Gasteiger charge is 2.33. The molecular formula is C31H39N3O6S. The molecule has 10 heteroatoms. The van der Waals surface area contributed by atoms with Crippen molar-refractivity contribution in [2.24, 2.45) is 0 Å². The van der Waals surface area contributed by atoms with Gasteiger partial charge in [-0.2, -0.15) is 0 Å². The van der Waals surface area contributed by atoms with E-state index in [4.69, 9.17) is 9.47 Å². The summed E-state index contributed by atoms with van der Waals surface area (Å²) in [5, 5.41) is 3.02. The van der Waals surface area contributed by atoms with E-state index in [0.717, 1.165) is 21.7 Å². The first-order chi connectivity index (χ1) is 19.5. The van der Waals surface area contributed by atoms with Crippen LogP contribution in [0.15, 0.2) is 78.9 Å². The lowest BCUT2D eigenvalue weighted by Crippen LogP contribution is -2.54. The average molecular weight is 582 g/mol. The van der Waals surface area contributed by atoms with Gasteiger partial charge in [0.25, 0.3) is 0 Å². The van der Waals surface area contributed by atoms with Gasteiger partial charge in [0.05, 0.1) is 26.2 Å². The zero-order valence-electron chi connectivity index (χ0n) is 24.2. The molecule has 2 atom stereocenters. The molecule has 0 fully saturated rings. The molecule has 3 rings (SSSR count). The number of anilines is 1. The second-order valence-electron chi connectivity index (χ2n) is 9.86. The molecule has 0 aliphatic carbocycles. The molecule has 1 N–H and O–H groups in total. The Morgan fingerprint density at radius 3 is 2.10 bits per heavy atom. The molecule has 0 aliphatic rings. The standard InChI is InChI=1S/C31H39N3O6S/c1-6-23(2)32-31(36)29(20-24-11-8-7-9-12-24)33(21-25-13-10-14-28(19-25)40-4)30(35)22-34(41(5,37)38)26-15-17-27(39-3)18-16-26/h7-19,23,29H,6,20-22H2,1-5H3,(H,32,36)/t23-,29-/m1/s1. The first-order valence-electron chi connectivity index (χ1n) is 13.4. The monoisotopic (exact) mass is 581 g/mol. The summed E-state index contributed by atoms with van der Waals surface area (Å²) in [6, 6.07) is 22.1. The highest BCUT2D eigenvalue weighted by atomic mass is 32.2. The summed E-state index contributed by atoms with van der Waals surface area (Å²) in [5.74, 6) is 0.330. The van der Waals surface area contributed by atoms with Crippen LogP contribution in [-0.2, 0) is 32.6 Å². The van der Waals surface area contributed by atoms with Crippen LogP contribution >= 0.6 is 0 Å². The summed E-state index contributed by atoms with van der Waals surface area (Å²) in [7, 11) is -0.784. The molecule has 220 valence electrons. The van der Waals surface area contributed by atoms with Gasteiger partial charge in [0.2, 0.25) is 21.8 Å². The van der Waals surface area contributed by atoms with Crippen LogP contribution in [-0.4, -0.2) is 64.2 Å². The number of ether oxygens (including phenoxy) is 2. The van der Waals surface area contributed by atoms with Gasteiger partial charge in [0.15, 0.2) is 0 Å². The van der Waals surface area contributed by atoms with E-state index in [9.17, 15) is 18.0 Å². The maximum Gasteiger partial charge on any atom is 0.244 e. The van der Waals surface area contributed by atoms with E-state index < -0.39 is 28.5 Å². The number of carbonyl (C=O) groups is 2. The molecule has 0 aromatic heterocycles. The lowest BCUT2D eigenvalue weighted by Gasteiger charge is -2.34. The Hall–Kier alpha value is -4.05. The molecular weight excluding hydrogens is 542 g/mol. The lowest BCUT2D eigenvalue weighted by molar-refractivity contribution is -0.140. The van der Waals surface area contributed by atoms with E-state index in [-0.39, 0.29) is 24.9 Å². The third kappa shape index (κ3) is 8.97. The van der Waals surface area contributed by atoms with E-state index in [1.165, 1.54) is 12.0 Å². The molecule has 0 saturated carbocycles. The Balaban J connectivity index is 2.06. The van der Waals surface area contributed by atoms with E-state index in [2.05, 4.69) is 5.32 Å². The van der Waals surface area contributed by atoms with Gasteiger partial charge >= 0.3 is 0 Å². The number of nitrogens with zero attached hydrogens (tertiary/aromatic N) is 2. The van der Waals surface area contributed by atoms with Gasteiger partial charge in [-0.3, -0.25) is 13.9 Å². The number of nitrogens with one attached hydrogen (secondary N) is 1. The molecule has 0 saturated heterocycles. The summed E-state index contributed by atoms with van der Waals surface area (Å²) in [6.07, 6.45) is 2.02. The van der Waals surface area contributed by atoms with Crippen molar-refractivity contribution in [1.82, 2.24) is 10.2 Å². The molecule has 0 aliphatic heterocycles. The van der Waals surface area contributed by atoms with E-state index >= 15 is 0 Å². The molecule has 0 heterocycles. The molecule has 41 heavy (non-hydrogen) atoms. The van der Waals surface area contributed by atoms with Gasteiger partial charge in [-0.25, -0.2) is 8.42 Å². The number of rotatable bonds is 14. The van der Waals surface area contributed by atoms with E-state index in [1.807, 2.05) is 56.3 Å². The summed E-state index contributed by atoms with van der Waals surface area (Å²) in [5.41, 5.74) is 1.92. The Kier molecular flexibility index (Phi) is 11.2. The predicted molar refractivity (Wildman–Crippen MR) is 161 cm³/mol. The van der Waals surface area contributed by atoms with Crippen LogP contribution in [0.5, 0.6) is 11.5 Å². The second kappa shape index (κ2) is 14.5. The quantitative estimate of drug-likeness (QED) is 0.308. The molecule has 0 radical (unpaired) electrons. The number of hydrogen-bond acceptors (Lipinski definition) is 6. The molecule has 9 nitrogen and oxygen atoms in total. The first kappa shape index (κ1) is 31.5. The smallest absolute Gasteiger partial charge is 0.244 e. The van der Waals surface area contributed by atoms with Crippen LogP contribution in [0, 0.1) is 0 Å². The van der Waals surface area contributed by atoms with Gasteiger partial charge in [0.1, 0.15) is 24.1 Å². The maximum atomic E-state index is 14.1. The second-order valence-corrected chi connectivity index (χ2v) is 11.8. The van der Waals surface area contributed by atoms with E-state index in [1.54, 1.807) is 43.5 Å². The number of methoxy groups -OCH3 is 2. The Morgan fingerprint density at radius 1 is 0.878 bits per heavy atom. The minimum Gasteiger partial charge on any atom is -0.497 e. The van der Waals surface area contributed by atoms with Crippen LogP contribution in [0.25, 0.3) is 0 Å². The number of carbonyl (C=O) groups excluding carboxylic acids is 2. The number of hydrogen-bond donors (Lipinski definition) is 1. The summed E-state index contributed by atoms with van der Waals surface area (Å²) >= 11 is 0. The van der Waals surface area contributed by atoms with Crippen LogP contribution in [0.4, 0.5) is 5.69 Å². The number of sulfonamides is 1. The number of amides is 2. The fraction of sp³-hybridized carbons (Fsp3) is 0.355. The molecule has 3 aromatic carbocycles. The van der Waals surface area contributed by atoms with Gasteiger partial charge in [0, 0.05) is 19.0 Å². The highest BCUT2D eigenvalue weighted by molar-refractivity contribution is 7.92. The first-order valence-corrected chi connectivity index (χ1v) is 15.3. The third-order valence-electron chi connectivity index (χ3n) is 6.80. The molecule has 0 bridgehead atoms. The van der Waals surface area contributed by atoms with Crippen LogP contribution in [0.1, 0.15) is 31.4 Å². The van der Waals surface area contributed by atoms with Crippen molar-refractivity contribution in [1.29, 1.82) is 0 Å². The number of benzene rings is 3. The van der Waals surface area contributed by atoms with Crippen molar-refractivity contribution in [2.45, 2.75) is 45.3 Å². The van der Waals surface area contributed by atoms with Crippen LogP contribution in [0.2, 0.25) is 0 Å². The fourth-order valence-corrected chi connectivity index (χ4v) is 5.17. The SMILES string of the molecule is CC[C@@H](C)NC(=O)[C@@H](Cc1ccccc1)N(Cc1cccc(OC)c1)C(=O)CN(c1ccc(OC)cc1)S(C)(=O)=O. The Morgan fingerprint density at radius 2 is 1.51 bits per heavy atom. The summed E-state index contributed by atoms with van der Waals surface area (Å²) < 4.78 is 37.4. The van der Waals surface area contributed by atoms with Gasteiger partial charge in [-0.05, 0) is 60.9 Å². The normalized spacial score (nSPS) is 12.6. The highest BCUT2D eigenvalue weighted by Crippen LogP contribution is 2.23. The van der Waals surface area contributed by atoms with Crippen molar-refractivity contribution < 1.29 is 27.5 Å². The van der Waals surface area contributed by atoms with Gasteiger partial charge in [-0.15, -0.1) is 0 Å². The minimum atomic E-state index is -3.85. The maximum absolute atomic E-state index is 14.1. The van der Waals surface area contributed by atoms with Crippen molar-refractivity contribution in [2.75, 3.05) is 31.3 Å². The summed E-state index contributed by atoms with van der Waals surface area (Å²) in [6.45, 7) is 3.45. The lowest BCUT2D eigenvalue weighted by atomic mass is 10.0. The fourth-order valence-electron chi connectivity index (χ4n) is 4.32. The van der Waals surface area contributed by atoms with Gasteiger partial charge < -0.3 is 19.7 Å². The predicted octanol–water partition coefficient (Wildman–Crippen LogP) is 4.02. The molecule has 3 aromatic rings.